The Morgan fingerprint density at radius 1 is 1.03 bits per heavy atom. The van der Waals surface area contributed by atoms with Gasteiger partial charge in [0.25, 0.3) is 0 Å². The van der Waals surface area contributed by atoms with Crippen molar-refractivity contribution in [2.45, 2.75) is 39.7 Å². The molecule has 154 valence electrons. The summed E-state index contributed by atoms with van der Waals surface area (Å²) in [6.45, 7) is 11.1. The van der Waals surface area contributed by atoms with Crippen molar-refractivity contribution < 1.29 is 0 Å². The van der Waals surface area contributed by atoms with Crippen LogP contribution >= 0.6 is 0 Å². The second-order valence-electron chi connectivity index (χ2n) is 8.51. The zero-order valence-electron chi connectivity index (χ0n) is 18.3. The molecule has 1 atom stereocenters. The van der Waals surface area contributed by atoms with Crippen molar-refractivity contribution in [3.63, 3.8) is 0 Å². The van der Waals surface area contributed by atoms with Gasteiger partial charge in [0.15, 0.2) is 0 Å². The van der Waals surface area contributed by atoms with Gasteiger partial charge in [-0.2, -0.15) is 0 Å². The van der Waals surface area contributed by atoms with Crippen LogP contribution in [-0.4, -0.2) is 54.9 Å². The van der Waals surface area contributed by atoms with E-state index in [-0.39, 0.29) is 0 Å². The number of allylic oxidation sites excluding steroid dienone is 2. The molecule has 3 rings (SSSR count). The van der Waals surface area contributed by atoms with Gasteiger partial charge in [-0.25, -0.2) is 4.99 Å². The van der Waals surface area contributed by atoms with E-state index >= 15 is 0 Å². The fourth-order valence-electron chi connectivity index (χ4n) is 3.77. The number of hydrogen-bond acceptors (Lipinski definition) is 4. The predicted octanol–water partition coefficient (Wildman–Crippen LogP) is 3.88. The maximum Gasteiger partial charge on any atom is 0.129 e. The van der Waals surface area contributed by atoms with Crippen molar-refractivity contribution in [1.29, 1.82) is 0 Å². The fraction of sp³-hybridized carbons (Fsp3) is 0.480. The molecule has 0 bridgehead atoms. The zero-order valence-corrected chi connectivity index (χ0v) is 18.3. The first-order chi connectivity index (χ1) is 14.0. The molecule has 1 N–H and O–H groups in total. The summed E-state index contributed by atoms with van der Waals surface area (Å²) in [4.78, 5) is 9.76. The van der Waals surface area contributed by atoms with E-state index in [1.807, 2.05) is 30.3 Å². The molecule has 0 amide bonds. The number of nitrogens with one attached hydrogen (secondary N) is 1. The number of hydrogen-bond donors (Lipinski definition) is 1. The number of amidine groups is 1. The van der Waals surface area contributed by atoms with Gasteiger partial charge in [0.2, 0.25) is 0 Å². The Morgan fingerprint density at radius 3 is 2.45 bits per heavy atom. The molecule has 1 unspecified atom stereocenters. The van der Waals surface area contributed by atoms with E-state index in [0.717, 1.165) is 56.1 Å². The maximum absolute atomic E-state index is 4.88. The molecule has 2 heterocycles. The van der Waals surface area contributed by atoms with E-state index < -0.39 is 0 Å². The van der Waals surface area contributed by atoms with Gasteiger partial charge < -0.3 is 15.1 Å². The highest BCUT2D eigenvalue weighted by molar-refractivity contribution is 5.95. The minimum absolute atomic E-state index is 0.375. The lowest BCUT2D eigenvalue weighted by Gasteiger charge is -2.35. The molecule has 0 aromatic heterocycles. The molecule has 1 aromatic rings. The Labute approximate surface area is 176 Å². The minimum atomic E-state index is 0.375. The quantitative estimate of drug-likeness (QED) is 0.792. The molecular formula is C25H34N4. The number of likely N-dealkylation sites (N-methyl/N-ethyl adjacent to an activating group) is 1. The third-order valence-electron chi connectivity index (χ3n) is 5.29. The van der Waals surface area contributed by atoms with Crippen LogP contribution in [0.2, 0.25) is 0 Å². The second-order valence-corrected chi connectivity index (χ2v) is 8.51. The van der Waals surface area contributed by atoms with Crippen molar-refractivity contribution in [3.05, 3.63) is 59.4 Å². The maximum atomic E-state index is 4.88. The highest BCUT2D eigenvalue weighted by Gasteiger charge is 2.18. The van der Waals surface area contributed by atoms with E-state index in [1.54, 1.807) is 0 Å². The van der Waals surface area contributed by atoms with Crippen molar-refractivity contribution in [3.8, 4) is 11.8 Å². The van der Waals surface area contributed by atoms with E-state index in [2.05, 4.69) is 66.9 Å². The Kier molecular flexibility index (Phi) is 7.55. The highest BCUT2D eigenvalue weighted by atomic mass is 15.3. The van der Waals surface area contributed by atoms with E-state index in [4.69, 9.17) is 4.99 Å². The first kappa shape index (κ1) is 21.2. The number of nitrogens with zero attached hydrogens (tertiary/aromatic N) is 3. The lowest BCUT2D eigenvalue weighted by molar-refractivity contribution is 0.184. The molecule has 2 aliphatic heterocycles. The van der Waals surface area contributed by atoms with Gasteiger partial charge in [0.1, 0.15) is 11.5 Å². The molecule has 2 aliphatic rings. The zero-order chi connectivity index (χ0) is 20.6. The van der Waals surface area contributed by atoms with Crippen molar-refractivity contribution in [2.24, 2.45) is 10.9 Å². The molecule has 0 radical (unpaired) electrons. The highest BCUT2D eigenvalue weighted by Crippen LogP contribution is 2.18. The number of benzene rings is 1. The first-order valence-electron chi connectivity index (χ1n) is 10.8. The van der Waals surface area contributed by atoms with Gasteiger partial charge in [-0.15, -0.1) is 0 Å². The Bertz CT molecular complexity index is 815. The van der Waals surface area contributed by atoms with Gasteiger partial charge in [0.05, 0.1) is 0 Å². The molecule has 1 aromatic carbocycles. The van der Waals surface area contributed by atoms with Crippen molar-refractivity contribution in [1.82, 2.24) is 15.1 Å². The molecule has 0 saturated carbocycles. The summed E-state index contributed by atoms with van der Waals surface area (Å²) in [6.07, 6.45) is 6.39. The SMILES string of the molecule is CC(C)CC(C)NC1=NC(C#Cc2ccccc2)=CCC(N2CCN(C)CC2)=C1. The summed E-state index contributed by atoms with van der Waals surface area (Å²) < 4.78 is 0. The number of aliphatic imine (C=N–C) groups is 1. The summed E-state index contributed by atoms with van der Waals surface area (Å²) >= 11 is 0. The van der Waals surface area contributed by atoms with Gasteiger partial charge in [-0.05, 0) is 56.5 Å². The molecule has 0 aliphatic carbocycles. The number of rotatable bonds is 4. The van der Waals surface area contributed by atoms with Crippen LogP contribution in [0.4, 0.5) is 0 Å². The molecule has 1 fully saturated rings. The second kappa shape index (κ2) is 10.3. The lowest BCUT2D eigenvalue weighted by Crippen LogP contribution is -2.44. The minimum Gasteiger partial charge on any atom is -0.372 e. The molecule has 29 heavy (non-hydrogen) atoms. The van der Waals surface area contributed by atoms with Crippen LogP contribution in [0.3, 0.4) is 0 Å². The molecule has 1 saturated heterocycles. The average Bonchev–Trinajstić information content (AvgIpc) is 2.89. The monoisotopic (exact) mass is 390 g/mol. The summed E-state index contributed by atoms with van der Waals surface area (Å²) in [7, 11) is 2.19. The van der Waals surface area contributed by atoms with E-state index in [0.29, 0.717) is 12.0 Å². The molecular weight excluding hydrogens is 356 g/mol. The Hall–Kier alpha value is -2.51. The molecule has 4 heteroatoms. The largest absolute Gasteiger partial charge is 0.372 e. The summed E-state index contributed by atoms with van der Waals surface area (Å²) in [5, 5.41) is 3.62. The fourth-order valence-corrected chi connectivity index (χ4v) is 3.77. The Balaban J connectivity index is 1.81. The number of piperazine rings is 1. The van der Waals surface area contributed by atoms with Crippen LogP contribution in [0.5, 0.6) is 0 Å². The van der Waals surface area contributed by atoms with Crippen molar-refractivity contribution >= 4 is 5.84 Å². The normalized spacial score (nSPS) is 18.8. The van der Waals surface area contributed by atoms with Gasteiger partial charge >= 0.3 is 0 Å². The molecule has 4 nitrogen and oxygen atoms in total. The summed E-state index contributed by atoms with van der Waals surface area (Å²) in [5.41, 5.74) is 3.19. The van der Waals surface area contributed by atoms with E-state index in [1.165, 1.54) is 5.70 Å². The van der Waals surface area contributed by atoms with E-state index in [9.17, 15) is 0 Å². The standard InChI is InChI=1S/C25H34N4/c1-20(2)18-21(3)26-25-19-24(29-16-14-28(4)15-17-29)13-12-23(27-25)11-10-22-8-6-5-7-9-22/h5-9,12,19-21H,13-18H2,1-4H3,(H,26,27). The van der Waals surface area contributed by atoms with Crippen LogP contribution in [0, 0.1) is 17.8 Å². The third kappa shape index (κ3) is 6.80. The third-order valence-corrected chi connectivity index (χ3v) is 5.29. The van der Waals surface area contributed by atoms with Gasteiger partial charge in [0, 0.05) is 49.9 Å². The average molecular weight is 391 g/mol. The lowest BCUT2D eigenvalue weighted by atomic mass is 10.1. The first-order valence-corrected chi connectivity index (χ1v) is 10.8. The Morgan fingerprint density at radius 2 is 1.76 bits per heavy atom. The molecule has 0 spiro atoms. The van der Waals surface area contributed by atoms with Gasteiger partial charge in [-0.1, -0.05) is 38.0 Å². The van der Waals surface area contributed by atoms with Crippen LogP contribution in [0.15, 0.2) is 58.9 Å². The van der Waals surface area contributed by atoms with Gasteiger partial charge in [-0.3, -0.25) is 0 Å². The summed E-state index contributed by atoms with van der Waals surface area (Å²) in [5.74, 6) is 8.11. The smallest absolute Gasteiger partial charge is 0.129 e. The predicted molar refractivity (Wildman–Crippen MR) is 123 cm³/mol. The van der Waals surface area contributed by atoms with Crippen LogP contribution in [0.25, 0.3) is 0 Å². The van der Waals surface area contributed by atoms with Crippen LogP contribution in [-0.2, 0) is 0 Å². The topological polar surface area (TPSA) is 30.9 Å². The van der Waals surface area contributed by atoms with Crippen LogP contribution < -0.4 is 5.32 Å². The summed E-state index contributed by atoms with van der Waals surface area (Å²) in [6, 6.07) is 10.5. The van der Waals surface area contributed by atoms with Crippen LogP contribution in [0.1, 0.15) is 39.2 Å². The van der Waals surface area contributed by atoms with Crippen molar-refractivity contribution in [2.75, 3.05) is 33.2 Å².